The third-order valence-corrected chi connectivity index (χ3v) is 5.28. The topological polar surface area (TPSA) is 67.9 Å². The van der Waals surface area contributed by atoms with E-state index in [9.17, 15) is 9.59 Å². The second kappa shape index (κ2) is 13.5. The highest BCUT2D eigenvalue weighted by Gasteiger charge is 2.26. The van der Waals surface area contributed by atoms with E-state index in [1.54, 1.807) is 11.8 Å². The number of hydrogen-bond donors (Lipinski definition) is 1. The van der Waals surface area contributed by atoms with Crippen LogP contribution in [0.25, 0.3) is 0 Å². The molecule has 0 bridgehead atoms. The average Bonchev–Trinajstić information content (AvgIpc) is 2.81. The van der Waals surface area contributed by atoms with E-state index in [1.807, 2.05) is 76.2 Å². The molecule has 0 saturated heterocycles. The lowest BCUT2D eigenvalue weighted by atomic mass is 10.1. The van der Waals surface area contributed by atoms with Gasteiger partial charge in [0.2, 0.25) is 11.8 Å². The van der Waals surface area contributed by atoms with Crippen molar-refractivity contribution >= 4 is 11.8 Å². The predicted octanol–water partition coefficient (Wildman–Crippen LogP) is 4.61. The molecule has 0 aliphatic carbocycles. The van der Waals surface area contributed by atoms with Crippen molar-refractivity contribution in [2.45, 2.75) is 60.0 Å². The Hall–Kier alpha value is -3.02. The Morgan fingerprint density at radius 1 is 0.909 bits per heavy atom. The zero-order valence-electron chi connectivity index (χ0n) is 20.6. The molecule has 0 unspecified atom stereocenters. The van der Waals surface area contributed by atoms with Crippen molar-refractivity contribution in [3.63, 3.8) is 0 Å². The van der Waals surface area contributed by atoms with E-state index in [-0.39, 0.29) is 11.8 Å². The number of amides is 2. The number of rotatable bonds is 13. The normalized spacial score (nSPS) is 11.7. The summed E-state index contributed by atoms with van der Waals surface area (Å²) in [5.41, 5.74) is 1.99. The lowest BCUT2D eigenvalue weighted by Crippen LogP contribution is -2.48. The second-order valence-corrected chi connectivity index (χ2v) is 8.47. The molecule has 0 fully saturated rings. The summed E-state index contributed by atoms with van der Waals surface area (Å²) in [6.07, 6.45) is 0.852. The van der Waals surface area contributed by atoms with Crippen molar-refractivity contribution in [1.29, 1.82) is 0 Å². The van der Waals surface area contributed by atoms with Crippen LogP contribution >= 0.6 is 0 Å². The number of ether oxygens (including phenoxy) is 2. The molecule has 180 valence electrons. The van der Waals surface area contributed by atoms with Crippen LogP contribution in [0.2, 0.25) is 0 Å². The lowest BCUT2D eigenvalue weighted by molar-refractivity contribution is -0.140. The predicted molar refractivity (Wildman–Crippen MR) is 131 cm³/mol. The number of nitrogens with one attached hydrogen (secondary N) is 1. The fraction of sp³-hybridized carbons (Fsp3) is 0.481. The largest absolute Gasteiger partial charge is 0.490 e. The van der Waals surface area contributed by atoms with Crippen LogP contribution in [0.3, 0.4) is 0 Å². The van der Waals surface area contributed by atoms with E-state index in [0.717, 1.165) is 11.1 Å². The van der Waals surface area contributed by atoms with Gasteiger partial charge in [-0.05, 0) is 56.4 Å². The fourth-order valence-electron chi connectivity index (χ4n) is 3.46. The average molecular weight is 455 g/mol. The Bertz CT molecular complexity index is 883. The number of hydrogen-bond acceptors (Lipinski definition) is 4. The van der Waals surface area contributed by atoms with Crippen molar-refractivity contribution in [2.75, 3.05) is 19.8 Å². The van der Waals surface area contributed by atoms with Gasteiger partial charge in [0.15, 0.2) is 11.5 Å². The standard InChI is InChI=1S/C27H38N2O4/c1-6-32-24-15-13-22(17-25(24)33-7-2)14-16-26(30)29(19-23-11-9-8-10-12-23)21(5)27(31)28-18-20(3)4/h8-13,15,17,20-21H,6-7,14,16,18-19H2,1-5H3,(H,28,31)/t21-/m1/s1. The Balaban J connectivity index is 2.13. The van der Waals surface area contributed by atoms with Crippen LogP contribution in [-0.2, 0) is 22.6 Å². The molecule has 2 aromatic carbocycles. The Morgan fingerprint density at radius 3 is 2.21 bits per heavy atom. The molecule has 0 saturated carbocycles. The minimum Gasteiger partial charge on any atom is -0.490 e. The number of benzene rings is 2. The first-order valence-corrected chi connectivity index (χ1v) is 11.8. The first-order chi connectivity index (χ1) is 15.8. The SMILES string of the molecule is CCOc1ccc(CCC(=O)N(Cc2ccccc2)[C@H](C)C(=O)NCC(C)C)cc1OCC. The van der Waals surface area contributed by atoms with Crippen molar-refractivity contribution in [3.05, 3.63) is 59.7 Å². The van der Waals surface area contributed by atoms with Gasteiger partial charge in [-0.1, -0.05) is 50.2 Å². The minimum absolute atomic E-state index is 0.0575. The second-order valence-electron chi connectivity index (χ2n) is 8.47. The summed E-state index contributed by atoms with van der Waals surface area (Å²) in [6, 6.07) is 15.0. The summed E-state index contributed by atoms with van der Waals surface area (Å²) in [6.45, 7) is 11.8. The maximum absolute atomic E-state index is 13.3. The zero-order chi connectivity index (χ0) is 24.2. The molecular weight excluding hydrogens is 416 g/mol. The molecule has 0 spiro atoms. The van der Waals surface area contributed by atoms with Crippen LogP contribution in [0.4, 0.5) is 0 Å². The van der Waals surface area contributed by atoms with Crippen LogP contribution in [0.15, 0.2) is 48.5 Å². The monoisotopic (exact) mass is 454 g/mol. The van der Waals surface area contributed by atoms with E-state index < -0.39 is 6.04 Å². The summed E-state index contributed by atoms with van der Waals surface area (Å²) in [5, 5.41) is 2.95. The molecule has 6 heteroatoms. The van der Waals surface area contributed by atoms with Crippen molar-refractivity contribution in [1.82, 2.24) is 10.2 Å². The van der Waals surface area contributed by atoms with E-state index in [2.05, 4.69) is 5.32 Å². The molecule has 1 N–H and O–H groups in total. The molecular formula is C27H38N2O4. The van der Waals surface area contributed by atoms with Gasteiger partial charge in [0.05, 0.1) is 13.2 Å². The van der Waals surface area contributed by atoms with Crippen LogP contribution in [0, 0.1) is 5.92 Å². The van der Waals surface area contributed by atoms with Gasteiger partial charge in [-0.15, -0.1) is 0 Å². The number of nitrogens with zero attached hydrogens (tertiary/aromatic N) is 1. The van der Waals surface area contributed by atoms with Crippen molar-refractivity contribution in [2.24, 2.45) is 5.92 Å². The maximum Gasteiger partial charge on any atom is 0.242 e. The molecule has 1 atom stereocenters. The Kier molecular flexibility index (Phi) is 10.7. The first-order valence-electron chi connectivity index (χ1n) is 11.8. The van der Waals surface area contributed by atoms with Gasteiger partial charge in [-0.3, -0.25) is 9.59 Å². The molecule has 2 aromatic rings. The minimum atomic E-state index is -0.559. The smallest absolute Gasteiger partial charge is 0.242 e. The van der Waals surface area contributed by atoms with Gasteiger partial charge < -0.3 is 19.7 Å². The van der Waals surface area contributed by atoms with Crippen LogP contribution in [0.5, 0.6) is 11.5 Å². The molecule has 0 aromatic heterocycles. The van der Waals surface area contributed by atoms with Gasteiger partial charge in [-0.2, -0.15) is 0 Å². The quantitative estimate of drug-likeness (QED) is 0.480. The van der Waals surface area contributed by atoms with Crippen molar-refractivity contribution in [3.8, 4) is 11.5 Å². The molecule has 2 rings (SSSR count). The summed E-state index contributed by atoms with van der Waals surface area (Å²) in [5.74, 6) is 1.55. The fourth-order valence-corrected chi connectivity index (χ4v) is 3.46. The van der Waals surface area contributed by atoms with E-state index in [0.29, 0.717) is 56.6 Å². The van der Waals surface area contributed by atoms with E-state index in [4.69, 9.17) is 9.47 Å². The van der Waals surface area contributed by atoms with Crippen LogP contribution < -0.4 is 14.8 Å². The van der Waals surface area contributed by atoms with Gasteiger partial charge in [0.25, 0.3) is 0 Å². The summed E-state index contributed by atoms with van der Waals surface area (Å²) in [4.78, 5) is 27.7. The first kappa shape index (κ1) is 26.2. The molecule has 0 heterocycles. The third-order valence-electron chi connectivity index (χ3n) is 5.28. The van der Waals surface area contributed by atoms with Gasteiger partial charge >= 0.3 is 0 Å². The van der Waals surface area contributed by atoms with Gasteiger partial charge in [-0.25, -0.2) is 0 Å². The molecule has 0 aliphatic rings. The Morgan fingerprint density at radius 2 is 1.58 bits per heavy atom. The van der Waals surface area contributed by atoms with Gasteiger partial charge in [0.1, 0.15) is 6.04 Å². The highest BCUT2D eigenvalue weighted by atomic mass is 16.5. The summed E-state index contributed by atoms with van der Waals surface area (Å²) < 4.78 is 11.3. The van der Waals surface area contributed by atoms with E-state index >= 15 is 0 Å². The molecule has 2 amide bonds. The number of aryl methyl sites for hydroxylation is 1. The Labute approximate surface area is 198 Å². The number of carbonyl (C=O) groups excluding carboxylic acids is 2. The lowest BCUT2D eigenvalue weighted by Gasteiger charge is -2.29. The molecule has 33 heavy (non-hydrogen) atoms. The summed E-state index contributed by atoms with van der Waals surface area (Å²) >= 11 is 0. The maximum atomic E-state index is 13.3. The summed E-state index contributed by atoms with van der Waals surface area (Å²) in [7, 11) is 0. The van der Waals surface area contributed by atoms with Gasteiger partial charge in [0, 0.05) is 19.5 Å². The van der Waals surface area contributed by atoms with Crippen LogP contribution in [-0.4, -0.2) is 42.5 Å². The number of carbonyl (C=O) groups is 2. The van der Waals surface area contributed by atoms with Crippen LogP contribution in [0.1, 0.15) is 52.2 Å². The molecule has 0 aliphatic heterocycles. The zero-order valence-corrected chi connectivity index (χ0v) is 20.6. The highest BCUT2D eigenvalue weighted by molar-refractivity contribution is 5.87. The highest BCUT2D eigenvalue weighted by Crippen LogP contribution is 2.29. The van der Waals surface area contributed by atoms with Crippen molar-refractivity contribution < 1.29 is 19.1 Å². The molecule has 6 nitrogen and oxygen atoms in total. The molecule has 0 radical (unpaired) electrons. The van der Waals surface area contributed by atoms with E-state index in [1.165, 1.54) is 0 Å². The third kappa shape index (κ3) is 8.44.